The van der Waals surface area contributed by atoms with Crippen molar-refractivity contribution in [2.24, 2.45) is 0 Å². The number of carboxylic acid groups (broad SMARTS) is 1. The minimum atomic E-state index is -0.963. The van der Waals surface area contributed by atoms with Crippen LogP contribution in [0.5, 0.6) is 0 Å². The Morgan fingerprint density at radius 3 is 2.70 bits per heavy atom. The zero-order valence-electron chi connectivity index (χ0n) is 11.7. The van der Waals surface area contributed by atoms with Gasteiger partial charge in [0, 0.05) is 18.3 Å². The van der Waals surface area contributed by atoms with Crippen LogP contribution in [0.2, 0.25) is 0 Å². The van der Waals surface area contributed by atoms with Gasteiger partial charge in [0.1, 0.15) is 5.82 Å². The van der Waals surface area contributed by atoms with Crippen LogP contribution < -0.4 is 5.73 Å². The van der Waals surface area contributed by atoms with Crippen LogP contribution in [0.15, 0.2) is 30.6 Å². The molecule has 0 aliphatic rings. The lowest BCUT2D eigenvalue weighted by Gasteiger charge is -2.16. The van der Waals surface area contributed by atoms with Crippen molar-refractivity contribution in [3.63, 3.8) is 0 Å². The molecule has 0 spiro atoms. The summed E-state index contributed by atoms with van der Waals surface area (Å²) in [7, 11) is 0. The third-order valence-corrected chi connectivity index (χ3v) is 3.56. The molecule has 0 fully saturated rings. The standard InChI is InChI=1S/C15H19N3O2/c1-3-10(4-2)14-17-7-8-18(14)13-9-11(15(19)20)5-6-12(13)16/h5-10H,3-4,16H2,1-2H3,(H,19,20). The number of aromatic nitrogens is 2. The molecule has 0 radical (unpaired) electrons. The monoisotopic (exact) mass is 273 g/mol. The largest absolute Gasteiger partial charge is 0.478 e. The molecule has 0 aliphatic heterocycles. The van der Waals surface area contributed by atoms with Crippen LogP contribution in [0.25, 0.3) is 5.69 Å². The van der Waals surface area contributed by atoms with E-state index in [1.165, 1.54) is 6.07 Å². The molecule has 1 aromatic carbocycles. The molecule has 106 valence electrons. The predicted molar refractivity (Wildman–Crippen MR) is 78.3 cm³/mol. The van der Waals surface area contributed by atoms with Crippen LogP contribution in [-0.2, 0) is 0 Å². The highest BCUT2D eigenvalue weighted by Crippen LogP contribution is 2.27. The van der Waals surface area contributed by atoms with Gasteiger partial charge in [0.2, 0.25) is 0 Å². The highest BCUT2D eigenvalue weighted by molar-refractivity contribution is 5.89. The Kier molecular flexibility index (Phi) is 4.08. The zero-order valence-corrected chi connectivity index (χ0v) is 11.7. The summed E-state index contributed by atoms with van der Waals surface area (Å²) in [5.74, 6) is 0.289. The van der Waals surface area contributed by atoms with Crippen LogP contribution in [0, 0.1) is 0 Å². The highest BCUT2D eigenvalue weighted by atomic mass is 16.4. The van der Waals surface area contributed by atoms with Gasteiger partial charge in [-0.3, -0.25) is 0 Å². The highest BCUT2D eigenvalue weighted by Gasteiger charge is 2.16. The van der Waals surface area contributed by atoms with E-state index in [0.717, 1.165) is 18.7 Å². The Labute approximate surface area is 118 Å². The van der Waals surface area contributed by atoms with Crippen LogP contribution >= 0.6 is 0 Å². The van der Waals surface area contributed by atoms with Crippen LogP contribution in [-0.4, -0.2) is 20.6 Å². The molecular formula is C15H19N3O2. The molecule has 1 aromatic heterocycles. The first-order valence-corrected chi connectivity index (χ1v) is 6.74. The number of hydrogen-bond acceptors (Lipinski definition) is 3. The van der Waals surface area contributed by atoms with E-state index in [4.69, 9.17) is 10.8 Å². The summed E-state index contributed by atoms with van der Waals surface area (Å²) in [6.45, 7) is 4.23. The molecule has 0 saturated heterocycles. The maximum Gasteiger partial charge on any atom is 0.335 e. The van der Waals surface area contributed by atoms with Gasteiger partial charge in [0.15, 0.2) is 0 Å². The number of hydrogen-bond donors (Lipinski definition) is 2. The minimum absolute atomic E-state index is 0.221. The van der Waals surface area contributed by atoms with Gasteiger partial charge >= 0.3 is 5.97 Å². The van der Waals surface area contributed by atoms with Crippen molar-refractivity contribution in [2.75, 3.05) is 5.73 Å². The van der Waals surface area contributed by atoms with Gasteiger partial charge in [-0.2, -0.15) is 0 Å². The van der Waals surface area contributed by atoms with Crippen LogP contribution in [0.1, 0.15) is 48.8 Å². The van der Waals surface area contributed by atoms with E-state index in [1.807, 2.05) is 10.8 Å². The van der Waals surface area contributed by atoms with Crippen molar-refractivity contribution in [3.05, 3.63) is 42.0 Å². The van der Waals surface area contributed by atoms with E-state index in [2.05, 4.69) is 18.8 Å². The normalized spacial score (nSPS) is 10.9. The first kappa shape index (κ1) is 14.1. The van der Waals surface area contributed by atoms with Crippen molar-refractivity contribution in [3.8, 4) is 5.69 Å². The minimum Gasteiger partial charge on any atom is -0.478 e. The van der Waals surface area contributed by atoms with Gasteiger partial charge in [-0.05, 0) is 31.0 Å². The SMILES string of the molecule is CCC(CC)c1nccn1-c1cc(C(=O)O)ccc1N. The number of rotatable bonds is 5. The number of nitrogen functional groups attached to an aromatic ring is 1. The molecule has 2 aromatic rings. The van der Waals surface area contributed by atoms with Crippen molar-refractivity contribution in [1.29, 1.82) is 0 Å². The molecule has 0 unspecified atom stereocenters. The average molecular weight is 273 g/mol. The van der Waals surface area contributed by atoms with Crippen molar-refractivity contribution in [1.82, 2.24) is 9.55 Å². The molecule has 0 amide bonds. The molecular weight excluding hydrogens is 254 g/mol. The molecule has 0 aliphatic carbocycles. The average Bonchev–Trinajstić information content (AvgIpc) is 2.89. The van der Waals surface area contributed by atoms with Gasteiger partial charge in [-0.15, -0.1) is 0 Å². The second-order valence-electron chi connectivity index (χ2n) is 4.75. The molecule has 1 heterocycles. The number of imidazole rings is 1. The van der Waals surface area contributed by atoms with Crippen LogP contribution in [0.4, 0.5) is 5.69 Å². The van der Waals surface area contributed by atoms with Crippen molar-refractivity contribution >= 4 is 11.7 Å². The van der Waals surface area contributed by atoms with E-state index < -0.39 is 5.97 Å². The summed E-state index contributed by atoms with van der Waals surface area (Å²) in [5, 5.41) is 9.10. The number of benzene rings is 1. The molecule has 0 atom stereocenters. The van der Waals surface area contributed by atoms with E-state index in [1.54, 1.807) is 18.3 Å². The van der Waals surface area contributed by atoms with Gasteiger partial charge < -0.3 is 15.4 Å². The van der Waals surface area contributed by atoms with Crippen molar-refractivity contribution < 1.29 is 9.90 Å². The molecule has 5 heteroatoms. The van der Waals surface area contributed by atoms with E-state index >= 15 is 0 Å². The van der Waals surface area contributed by atoms with Gasteiger partial charge in [0.25, 0.3) is 0 Å². The summed E-state index contributed by atoms with van der Waals surface area (Å²) < 4.78 is 1.89. The number of aromatic carboxylic acids is 1. The molecule has 2 rings (SSSR count). The van der Waals surface area contributed by atoms with Gasteiger partial charge in [0.05, 0.1) is 16.9 Å². The molecule has 5 nitrogen and oxygen atoms in total. The number of carbonyl (C=O) groups is 1. The second kappa shape index (κ2) is 5.77. The van der Waals surface area contributed by atoms with E-state index in [-0.39, 0.29) is 5.56 Å². The quantitative estimate of drug-likeness (QED) is 0.820. The lowest BCUT2D eigenvalue weighted by molar-refractivity contribution is 0.0697. The fourth-order valence-electron chi connectivity index (χ4n) is 2.36. The van der Waals surface area contributed by atoms with E-state index in [0.29, 0.717) is 17.3 Å². The Bertz CT molecular complexity index is 615. The first-order valence-electron chi connectivity index (χ1n) is 6.74. The van der Waals surface area contributed by atoms with Crippen molar-refractivity contribution in [2.45, 2.75) is 32.6 Å². The summed E-state index contributed by atoms with van der Waals surface area (Å²) in [4.78, 5) is 15.5. The summed E-state index contributed by atoms with van der Waals surface area (Å²) in [5.41, 5.74) is 7.42. The van der Waals surface area contributed by atoms with Gasteiger partial charge in [-0.1, -0.05) is 13.8 Å². The lowest BCUT2D eigenvalue weighted by atomic mass is 10.0. The Morgan fingerprint density at radius 1 is 1.40 bits per heavy atom. The topological polar surface area (TPSA) is 81.1 Å². The summed E-state index contributed by atoms with van der Waals surface area (Å²) >= 11 is 0. The number of anilines is 1. The molecule has 0 bridgehead atoms. The Morgan fingerprint density at radius 2 is 2.10 bits per heavy atom. The second-order valence-corrected chi connectivity index (χ2v) is 4.75. The predicted octanol–water partition coefficient (Wildman–Crippen LogP) is 3.06. The third-order valence-electron chi connectivity index (χ3n) is 3.56. The Balaban J connectivity index is 2.54. The smallest absolute Gasteiger partial charge is 0.335 e. The summed E-state index contributed by atoms with van der Waals surface area (Å²) in [6.07, 6.45) is 5.50. The zero-order chi connectivity index (χ0) is 14.7. The lowest BCUT2D eigenvalue weighted by Crippen LogP contribution is -2.09. The van der Waals surface area contributed by atoms with Crippen LogP contribution in [0.3, 0.4) is 0 Å². The number of nitrogens with zero attached hydrogens (tertiary/aromatic N) is 2. The van der Waals surface area contributed by atoms with Gasteiger partial charge in [-0.25, -0.2) is 9.78 Å². The molecule has 0 saturated carbocycles. The number of carboxylic acids is 1. The molecule has 3 N–H and O–H groups in total. The fraction of sp³-hybridized carbons (Fsp3) is 0.333. The maximum absolute atomic E-state index is 11.1. The third kappa shape index (κ3) is 2.52. The van der Waals surface area contributed by atoms with E-state index in [9.17, 15) is 4.79 Å². The first-order chi connectivity index (χ1) is 9.58. The maximum atomic E-state index is 11.1. The summed E-state index contributed by atoms with van der Waals surface area (Å²) in [6, 6.07) is 4.72. The molecule has 20 heavy (non-hydrogen) atoms. The Hall–Kier alpha value is -2.30. The number of nitrogens with two attached hydrogens (primary N) is 1. The fourth-order valence-corrected chi connectivity index (χ4v) is 2.36.